The van der Waals surface area contributed by atoms with E-state index in [1.165, 1.54) is 34.6 Å². The van der Waals surface area contributed by atoms with Crippen LogP contribution in [0.4, 0.5) is 17.6 Å². The number of nitrogens with zero attached hydrogens (tertiary/aromatic N) is 2. The predicted octanol–water partition coefficient (Wildman–Crippen LogP) is 5.22. The average Bonchev–Trinajstić information content (AvgIpc) is 2.81. The zero-order valence-electron chi connectivity index (χ0n) is 19.3. The molecular weight excluding hydrogens is 496 g/mol. The highest BCUT2D eigenvalue weighted by molar-refractivity contribution is 7.89. The Kier molecular flexibility index (Phi) is 6.28. The minimum Gasteiger partial charge on any atom is -0.311 e. The lowest BCUT2D eigenvalue weighted by Gasteiger charge is -2.33. The summed E-state index contributed by atoms with van der Waals surface area (Å²) in [5.41, 5.74) is 0.826. The van der Waals surface area contributed by atoms with Crippen LogP contribution in [0.1, 0.15) is 36.1 Å². The van der Waals surface area contributed by atoms with E-state index in [4.69, 9.17) is 0 Å². The largest absolute Gasteiger partial charge is 0.416 e. The molecule has 10 heteroatoms. The number of rotatable bonds is 5. The average molecular weight is 521 g/mol. The van der Waals surface area contributed by atoms with Gasteiger partial charge in [-0.3, -0.25) is 4.79 Å². The Morgan fingerprint density at radius 3 is 2.33 bits per heavy atom. The molecule has 0 radical (unpaired) electrons. The van der Waals surface area contributed by atoms with Crippen LogP contribution >= 0.6 is 0 Å². The number of sulfonamides is 1. The summed E-state index contributed by atoms with van der Waals surface area (Å²) in [5, 5.41) is 0. The van der Waals surface area contributed by atoms with Crippen LogP contribution in [0, 0.1) is 11.7 Å². The van der Waals surface area contributed by atoms with E-state index in [-0.39, 0.29) is 29.1 Å². The third-order valence-corrected chi connectivity index (χ3v) is 8.90. The maximum absolute atomic E-state index is 13.7. The molecule has 5 rings (SSSR count). The van der Waals surface area contributed by atoms with Gasteiger partial charge in [-0.05, 0) is 66.3 Å². The number of hydrogen-bond donors (Lipinski definition) is 0. The van der Waals surface area contributed by atoms with E-state index < -0.39 is 27.6 Å². The van der Waals surface area contributed by atoms with Crippen molar-refractivity contribution in [3.8, 4) is 11.1 Å². The fourth-order valence-corrected chi connectivity index (χ4v) is 6.30. The van der Waals surface area contributed by atoms with Gasteiger partial charge in [-0.1, -0.05) is 24.6 Å². The first kappa shape index (κ1) is 24.7. The molecular formula is C26H24F4N2O3S. The van der Waals surface area contributed by atoms with E-state index in [1.807, 2.05) is 0 Å². The molecule has 190 valence electrons. The molecule has 0 bridgehead atoms. The lowest BCUT2D eigenvalue weighted by Crippen LogP contribution is -2.40. The van der Waals surface area contributed by atoms with Crippen molar-refractivity contribution in [2.75, 3.05) is 6.54 Å². The molecule has 1 aliphatic heterocycles. The van der Waals surface area contributed by atoms with Crippen LogP contribution in [0.2, 0.25) is 0 Å². The smallest absolute Gasteiger partial charge is 0.311 e. The summed E-state index contributed by atoms with van der Waals surface area (Å²) < 4.78 is 82.2. The monoisotopic (exact) mass is 520 g/mol. The molecule has 0 unspecified atom stereocenters. The van der Waals surface area contributed by atoms with Crippen molar-refractivity contribution in [2.24, 2.45) is 5.92 Å². The Morgan fingerprint density at radius 1 is 1.00 bits per heavy atom. The molecule has 2 aromatic carbocycles. The normalized spacial score (nSPS) is 17.0. The van der Waals surface area contributed by atoms with Crippen LogP contribution in [0.3, 0.4) is 0 Å². The summed E-state index contributed by atoms with van der Waals surface area (Å²) in [6.07, 6.45) is -1.12. The summed E-state index contributed by atoms with van der Waals surface area (Å²) >= 11 is 0. The second-order valence-electron chi connectivity index (χ2n) is 9.36. The zero-order chi connectivity index (χ0) is 25.7. The molecule has 0 saturated heterocycles. The SMILES string of the molecule is O=c1c(-c2ccc(C(F)(F)F)cc2)cc2c(n1CC1CCC1)CCN(S(=O)(=O)c1cccc(F)c1)C2. The molecule has 1 fully saturated rings. The van der Waals surface area contributed by atoms with Crippen LogP contribution in [0.25, 0.3) is 11.1 Å². The lowest BCUT2D eigenvalue weighted by molar-refractivity contribution is -0.137. The Balaban J connectivity index is 1.57. The highest BCUT2D eigenvalue weighted by atomic mass is 32.2. The summed E-state index contributed by atoms with van der Waals surface area (Å²) in [4.78, 5) is 13.3. The van der Waals surface area contributed by atoms with E-state index >= 15 is 0 Å². The van der Waals surface area contributed by atoms with Crippen molar-refractivity contribution in [3.63, 3.8) is 0 Å². The Morgan fingerprint density at radius 2 is 1.72 bits per heavy atom. The van der Waals surface area contributed by atoms with Crippen LogP contribution < -0.4 is 5.56 Å². The number of halogens is 4. The summed E-state index contributed by atoms with van der Waals surface area (Å²) in [6, 6.07) is 10.8. The van der Waals surface area contributed by atoms with Crippen molar-refractivity contribution in [3.05, 3.63) is 87.6 Å². The Hall–Kier alpha value is -2.98. The van der Waals surface area contributed by atoms with Gasteiger partial charge in [0.05, 0.1) is 10.5 Å². The minimum atomic E-state index is -4.50. The third-order valence-electron chi connectivity index (χ3n) is 7.06. The van der Waals surface area contributed by atoms with Crippen molar-refractivity contribution < 1.29 is 26.0 Å². The second kappa shape index (κ2) is 9.15. The van der Waals surface area contributed by atoms with Gasteiger partial charge in [-0.2, -0.15) is 17.5 Å². The first-order chi connectivity index (χ1) is 17.0. The van der Waals surface area contributed by atoms with Gasteiger partial charge in [0.25, 0.3) is 5.56 Å². The standard InChI is InChI=1S/C26H24F4N2O3S/c27-21-5-2-6-22(14-21)36(34,35)31-12-11-24-19(16-31)13-23(25(33)32(24)15-17-3-1-4-17)18-7-9-20(10-8-18)26(28,29)30/h2,5-10,13-14,17H,1,3-4,11-12,15-16H2. The van der Waals surface area contributed by atoms with Gasteiger partial charge in [0.1, 0.15) is 5.82 Å². The number of aromatic nitrogens is 1. The van der Waals surface area contributed by atoms with Crippen LogP contribution in [0.15, 0.2) is 64.3 Å². The quantitative estimate of drug-likeness (QED) is 0.434. The molecule has 36 heavy (non-hydrogen) atoms. The number of pyridine rings is 1. The highest BCUT2D eigenvalue weighted by Crippen LogP contribution is 2.33. The van der Waals surface area contributed by atoms with Gasteiger partial charge in [0.2, 0.25) is 10.0 Å². The molecule has 0 N–H and O–H groups in total. The fourth-order valence-electron chi connectivity index (χ4n) is 4.85. The molecule has 0 atom stereocenters. The third kappa shape index (κ3) is 4.59. The number of hydrogen-bond acceptors (Lipinski definition) is 3. The molecule has 0 spiro atoms. The van der Waals surface area contributed by atoms with Gasteiger partial charge in [0.15, 0.2) is 0 Å². The van der Waals surface area contributed by atoms with Gasteiger partial charge in [-0.15, -0.1) is 0 Å². The Labute approximate surface area is 206 Å². The van der Waals surface area contributed by atoms with Crippen LogP contribution in [-0.2, 0) is 35.7 Å². The molecule has 1 aromatic heterocycles. The van der Waals surface area contributed by atoms with E-state index in [2.05, 4.69) is 0 Å². The van der Waals surface area contributed by atoms with Crippen molar-refractivity contribution >= 4 is 10.0 Å². The first-order valence-electron chi connectivity index (χ1n) is 11.7. The van der Waals surface area contributed by atoms with E-state index in [0.29, 0.717) is 30.0 Å². The second-order valence-corrected chi connectivity index (χ2v) is 11.3. The molecule has 3 aromatic rings. The number of benzene rings is 2. The van der Waals surface area contributed by atoms with Gasteiger partial charge < -0.3 is 4.57 Å². The van der Waals surface area contributed by atoms with E-state index in [9.17, 15) is 30.8 Å². The van der Waals surface area contributed by atoms with Gasteiger partial charge >= 0.3 is 6.18 Å². The molecule has 0 amide bonds. The minimum absolute atomic E-state index is 0.0211. The lowest BCUT2D eigenvalue weighted by atomic mass is 9.85. The van der Waals surface area contributed by atoms with Gasteiger partial charge in [-0.25, -0.2) is 12.8 Å². The van der Waals surface area contributed by atoms with Crippen LogP contribution in [0.5, 0.6) is 0 Å². The topological polar surface area (TPSA) is 59.4 Å². The van der Waals surface area contributed by atoms with E-state index in [0.717, 1.165) is 43.2 Å². The molecule has 2 aliphatic rings. The van der Waals surface area contributed by atoms with Crippen LogP contribution in [-0.4, -0.2) is 23.8 Å². The summed E-state index contributed by atoms with van der Waals surface area (Å²) in [5.74, 6) is -0.323. The zero-order valence-corrected chi connectivity index (χ0v) is 20.1. The maximum atomic E-state index is 13.7. The number of fused-ring (bicyclic) bond motifs is 1. The molecule has 2 heterocycles. The fraction of sp³-hybridized carbons (Fsp3) is 0.346. The van der Waals surface area contributed by atoms with E-state index in [1.54, 1.807) is 10.6 Å². The predicted molar refractivity (Wildman–Crippen MR) is 126 cm³/mol. The number of alkyl halides is 3. The molecule has 5 nitrogen and oxygen atoms in total. The molecule has 1 aliphatic carbocycles. The van der Waals surface area contributed by atoms with Crippen molar-refractivity contribution in [2.45, 2.75) is 49.8 Å². The summed E-state index contributed by atoms with van der Waals surface area (Å²) in [7, 11) is -3.99. The molecule has 1 saturated carbocycles. The maximum Gasteiger partial charge on any atom is 0.416 e. The van der Waals surface area contributed by atoms with Gasteiger partial charge in [0, 0.05) is 37.3 Å². The first-order valence-corrected chi connectivity index (χ1v) is 13.2. The highest BCUT2D eigenvalue weighted by Gasteiger charge is 2.33. The summed E-state index contributed by atoms with van der Waals surface area (Å²) in [6.45, 7) is 0.606. The van der Waals surface area contributed by atoms with Crippen molar-refractivity contribution in [1.29, 1.82) is 0 Å². The Bertz CT molecular complexity index is 1460. The van der Waals surface area contributed by atoms with Crippen molar-refractivity contribution in [1.82, 2.24) is 8.87 Å².